The second-order valence-electron chi connectivity index (χ2n) is 30.9. The van der Waals surface area contributed by atoms with Crippen molar-refractivity contribution in [1.82, 2.24) is 63.3 Å². The monoisotopic (exact) mass is 1790 g/mol. The number of aliphatic hydroxyl groups excluding tert-OH is 6. The van der Waals surface area contributed by atoms with Crippen LogP contribution in [0.4, 0.5) is 10.5 Å². The molecule has 0 spiro atoms. The van der Waals surface area contributed by atoms with Gasteiger partial charge in [-0.1, -0.05) is 78.5 Å². The van der Waals surface area contributed by atoms with Crippen LogP contribution in [0.3, 0.4) is 0 Å². The van der Waals surface area contributed by atoms with E-state index in [1.165, 1.54) is 31.3 Å². The van der Waals surface area contributed by atoms with E-state index in [4.69, 9.17) is 85.4 Å². The van der Waals surface area contributed by atoms with Gasteiger partial charge in [-0.2, -0.15) is 0 Å². The third-order valence-electron chi connectivity index (χ3n) is 21.7. The highest BCUT2D eigenvalue weighted by Crippen LogP contribution is 2.50. The van der Waals surface area contributed by atoms with Crippen molar-refractivity contribution in [2.24, 2.45) is 11.7 Å². The second kappa shape index (κ2) is 39.3. The van der Waals surface area contributed by atoms with Crippen molar-refractivity contribution in [2.45, 2.75) is 156 Å². The van der Waals surface area contributed by atoms with Gasteiger partial charge >= 0.3 is 6.03 Å². The predicted molar refractivity (Wildman–Crippen MR) is 437 cm³/mol. The summed E-state index contributed by atoms with van der Waals surface area (Å²) in [5.74, 6) is -15.2. The smallest absolute Gasteiger partial charge is 0.333 e. The minimum Gasteiger partial charge on any atom is -0.508 e. The molecule has 8 heterocycles. The zero-order valence-corrected chi connectivity index (χ0v) is 69.8. The summed E-state index contributed by atoms with van der Waals surface area (Å²) in [7, 11) is 2.52. The molecule has 18 unspecified atom stereocenters. The number of aliphatic hydroxyl groups is 6. The number of primary amides is 1. The number of amides is 10. The van der Waals surface area contributed by atoms with E-state index < -0.39 is 243 Å². The number of carbonyl (C=O) groups is 9. The highest BCUT2D eigenvalue weighted by atomic mass is 35.5. The molecular formula is C80H94Cl4N14O25. The third kappa shape index (κ3) is 21.2. The lowest BCUT2D eigenvalue weighted by molar-refractivity contribution is -0.334. The third-order valence-corrected chi connectivity index (χ3v) is 22.7. The number of hydrogen-bond acceptors (Lipinski definition) is 29. The summed E-state index contributed by atoms with van der Waals surface area (Å²) in [6, 6.07) is 3.99. The average Bonchev–Trinajstić information content (AvgIpc) is 0.765. The van der Waals surface area contributed by atoms with Crippen LogP contribution in [0.2, 0.25) is 20.1 Å². The number of piperazine rings is 1. The number of hydrogen-bond donors (Lipinski definition) is 21. The number of rotatable bonds is 20. The Bertz CT molecular complexity index is 4980. The quantitative estimate of drug-likeness (QED) is 0.0486. The topological polar surface area (TPSA) is 565 Å². The van der Waals surface area contributed by atoms with E-state index in [-0.39, 0.29) is 52.8 Å². The summed E-state index contributed by atoms with van der Waals surface area (Å²) >= 11 is 26.6. The van der Waals surface area contributed by atoms with Gasteiger partial charge in [0.2, 0.25) is 53.4 Å². The van der Waals surface area contributed by atoms with Gasteiger partial charge in [0.15, 0.2) is 23.9 Å². The number of carbonyl (C=O) groups excluding carboxylic acids is 9. The van der Waals surface area contributed by atoms with Crippen molar-refractivity contribution >= 4 is 105 Å². The molecule has 8 aliphatic rings. The van der Waals surface area contributed by atoms with Crippen molar-refractivity contribution < 1.29 is 122 Å². The largest absolute Gasteiger partial charge is 0.508 e. The Morgan fingerprint density at radius 2 is 1.32 bits per heavy atom. The maximum Gasteiger partial charge on any atom is 0.333 e. The Balaban J connectivity index is 0.981. The van der Waals surface area contributed by atoms with Crippen LogP contribution in [0.25, 0.3) is 11.1 Å². The molecule has 22 N–H and O–H groups in total. The number of hydroxylamine groups is 1. The number of phenols is 3. The normalized spacial score (nSPS) is 27.2. The molecule has 11 bridgehead atoms. The van der Waals surface area contributed by atoms with Crippen LogP contribution in [-0.4, -0.2) is 248 Å². The number of halogens is 4. The Kier molecular flexibility index (Phi) is 29.4. The molecule has 662 valence electrons. The van der Waals surface area contributed by atoms with Crippen LogP contribution in [0.5, 0.6) is 46.0 Å². The maximum atomic E-state index is 16.3. The van der Waals surface area contributed by atoms with Gasteiger partial charge in [-0.15, -0.1) is 0 Å². The minimum atomic E-state index is -2.37. The van der Waals surface area contributed by atoms with Gasteiger partial charge in [-0.25, -0.2) is 15.3 Å². The molecule has 8 aliphatic heterocycles. The first kappa shape index (κ1) is 91.9. The molecule has 0 aliphatic carbocycles. The molecule has 14 rings (SSSR count). The standard InChI is InChI=1S/C80H94Cl4N14O25/c1-33(2)19-47(86-5)71(109)93-62-64(104)36-8-11-51(45(83)21-36)119-53-23-38-24-54(68(53)123-78-69(67(107)66(106)55(32-99)121-78)122-57-31-80(4,70(108)34(3)118-57)87-13-14-97-15-17-98(18-16-97)95-79(116)88-41-26-39(81)25-40(82)27-41)120-52-12-9-37(22-46(52)84)65(105)63-76(114)92-61(77(115)96-117-6)44-28-42(100)29-50(102)58(44)43-20-35(7-10-49(43)101)59(73(111)94-63)91-74(112)60(38)90-72(110)48(30-56(85)103)89-75(62)113/h7-12,20-29,33-34,47-48,55,57,59-67,69-70,78,86-87,99-102,104-108H,13-19,30-32H2,1-6H3,(H2,85,103)(H,89,113)(H,90,110)(H,91,112)(H,92,114)(H,93,109)(H,94,111)(H,96,115)(H2,88,95,116). The number of phenolic OH excluding ortho intramolecular Hbond substituents is 3. The molecule has 3 saturated heterocycles. The Hall–Kier alpha value is -10.2. The minimum absolute atomic E-state index is 0.112. The number of likely N-dealkylation sites (N-methyl/N-ethyl adjacent to an activating group) is 1. The van der Waals surface area contributed by atoms with Gasteiger partial charge in [0.1, 0.15) is 95.5 Å². The second-order valence-corrected chi connectivity index (χ2v) is 32.6. The Morgan fingerprint density at radius 3 is 1.93 bits per heavy atom. The van der Waals surface area contributed by atoms with E-state index in [2.05, 4.69) is 63.7 Å². The number of benzene rings is 6. The van der Waals surface area contributed by atoms with Crippen LogP contribution in [0.1, 0.15) is 105 Å². The summed E-state index contributed by atoms with van der Waals surface area (Å²) < 4.78 is 39.6. The highest BCUT2D eigenvalue weighted by Gasteiger charge is 2.52. The van der Waals surface area contributed by atoms with Crippen molar-refractivity contribution in [3.63, 3.8) is 0 Å². The number of hydrazine groups is 1. The summed E-state index contributed by atoms with van der Waals surface area (Å²) in [6.07, 6.45) is -18.8. The van der Waals surface area contributed by atoms with Crippen LogP contribution < -0.4 is 78.7 Å². The van der Waals surface area contributed by atoms with Crippen LogP contribution in [0.15, 0.2) is 97.1 Å². The zero-order valence-electron chi connectivity index (χ0n) is 66.7. The van der Waals surface area contributed by atoms with E-state index in [1.54, 1.807) is 31.0 Å². The Morgan fingerprint density at radius 1 is 0.691 bits per heavy atom. The van der Waals surface area contributed by atoms with Gasteiger partial charge in [0, 0.05) is 84.2 Å². The number of nitrogens with one attached hydrogen (secondary N) is 11. The van der Waals surface area contributed by atoms with E-state index in [9.17, 15) is 65.1 Å². The van der Waals surface area contributed by atoms with Crippen molar-refractivity contribution in [3.05, 3.63) is 145 Å². The zero-order chi connectivity index (χ0) is 88.9. The van der Waals surface area contributed by atoms with Gasteiger partial charge in [-0.05, 0) is 134 Å². The fourth-order valence-corrected chi connectivity index (χ4v) is 16.3. The Labute approximate surface area is 722 Å². The maximum absolute atomic E-state index is 16.3. The molecule has 0 saturated carbocycles. The number of fused-ring (bicyclic) bond motifs is 15. The predicted octanol–water partition coefficient (Wildman–Crippen LogP) is 1.99. The SMILES string of the molecule is CNC(CC(C)C)C(=O)NC1C(=O)NC(CC(N)=O)C(=O)NC2C(=O)NC3C(=O)NC(C(=O)NC(C(=O)NOC)c4cc(O)cc(O)c4-c4cc3ccc4O)C(O)c3ccc(c(Cl)c3)Oc3cc2cc(c3OC2OC(CO)C(O)C(O)C2OC2CC(C)(NCCN3CCN(NC(=O)Nc4cc(Cl)cc(Cl)c4)CC3)C(O)C(C)O2)Oc2ccc(cc2Cl)C1O. The molecule has 43 heteroatoms. The molecule has 18 atom stereocenters. The van der Waals surface area contributed by atoms with Crippen molar-refractivity contribution in [3.8, 4) is 57.1 Å². The first-order valence-electron chi connectivity index (χ1n) is 38.9. The van der Waals surface area contributed by atoms with Gasteiger partial charge in [-0.3, -0.25) is 53.5 Å². The fraction of sp³-hybridized carbons (Fsp3) is 0.438. The summed E-state index contributed by atoms with van der Waals surface area (Å²) in [4.78, 5) is 139. The first-order valence-corrected chi connectivity index (χ1v) is 40.5. The van der Waals surface area contributed by atoms with Gasteiger partial charge < -0.3 is 128 Å². The van der Waals surface area contributed by atoms with E-state index in [1.807, 2.05) is 13.8 Å². The molecule has 10 amide bonds. The molecule has 123 heavy (non-hydrogen) atoms. The lowest BCUT2D eigenvalue weighted by Gasteiger charge is -2.48. The lowest BCUT2D eigenvalue weighted by Crippen LogP contribution is -2.66. The summed E-state index contributed by atoms with van der Waals surface area (Å²) in [5, 5.41) is 132. The fourth-order valence-electron chi connectivity index (χ4n) is 15.3. The average molecular weight is 1790 g/mol. The lowest BCUT2D eigenvalue weighted by atomic mass is 9.85. The van der Waals surface area contributed by atoms with Crippen LogP contribution in [0, 0.1) is 5.92 Å². The van der Waals surface area contributed by atoms with E-state index in [0.717, 1.165) is 67.8 Å². The summed E-state index contributed by atoms with van der Waals surface area (Å²) in [6.45, 7) is 8.53. The summed E-state index contributed by atoms with van der Waals surface area (Å²) in [5.41, 5.74) is 7.27. The number of aromatic hydroxyl groups is 3. The van der Waals surface area contributed by atoms with Gasteiger partial charge in [0.05, 0.1) is 48.4 Å². The number of nitrogens with two attached hydrogens (primary N) is 1. The first-order chi connectivity index (χ1) is 58.4. The molecule has 0 aromatic heterocycles. The molecule has 0 radical (unpaired) electrons. The molecule has 3 fully saturated rings. The number of nitrogens with zero attached hydrogens (tertiary/aromatic N) is 2. The van der Waals surface area contributed by atoms with Crippen molar-refractivity contribution in [1.29, 1.82) is 0 Å². The molecule has 39 nitrogen and oxygen atoms in total. The number of urea groups is 1. The molecule has 6 aromatic rings. The molecular weight excluding hydrogens is 1700 g/mol. The van der Waals surface area contributed by atoms with Crippen LogP contribution in [-0.2, 0) is 57.4 Å². The molecule has 6 aromatic carbocycles. The van der Waals surface area contributed by atoms with E-state index >= 15 is 24.0 Å². The highest BCUT2D eigenvalue weighted by molar-refractivity contribution is 6.35. The van der Waals surface area contributed by atoms with E-state index in [0.29, 0.717) is 48.5 Å². The van der Waals surface area contributed by atoms with Crippen molar-refractivity contribution in [2.75, 3.05) is 65.3 Å². The number of ether oxygens (including phenoxy) is 6. The van der Waals surface area contributed by atoms with Gasteiger partial charge in [0.25, 0.3) is 5.91 Å². The number of anilines is 1. The van der Waals surface area contributed by atoms with Crippen LogP contribution >= 0.6 is 46.4 Å².